The molecule has 0 aliphatic heterocycles. The molecule has 1 aromatic carbocycles. The van der Waals surface area contributed by atoms with E-state index in [0.717, 1.165) is 18.2 Å². The van der Waals surface area contributed by atoms with E-state index in [2.05, 4.69) is 0 Å². The fourth-order valence-corrected chi connectivity index (χ4v) is 1.34. The van der Waals surface area contributed by atoms with Gasteiger partial charge in [0.1, 0.15) is 5.75 Å². The zero-order chi connectivity index (χ0) is 15.7. The number of carboxylic acid groups (broad SMARTS) is 1. The number of benzene rings is 1. The Hall–Kier alpha value is -2.25. The van der Waals surface area contributed by atoms with Gasteiger partial charge in [0, 0.05) is 5.56 Å². The molecule has 1 aromatic rings. The molecule has 0 saturated carbocycles. The lowest BCUT2D eigenvalue weighted by Gasteiger charge is -2.28. The Bertz CT molecular complexity index is 556. The van der Waals surface area contributed by atoms with E-state index >= 15 is 0 Å². The summed E-state index contributed by atoms with van der Waals surface area (Å²) >= 11 is 0. The van der Waals surface area contributed by atoms with Crippen LogP contribution >= 0.6 is 0 Å². The number of carbonyl (C=O) groups excluding carboxylic acids is 1. The van der Waals surface area contributed by atoms with Gasteiger partial charge in [-0.1, -0.05) is 0 Å². The molecule has 0 bridgehead atoms. The second-order valence-electron chi connectivity index (χ2n) is 4.38. The molecule has 0 radical (unpaired) electrons. The number of hydrogen-bond donors (Lipinski definition) is 3. The largest absolute Gasteiger partial charge is 0.508 e. The number of nitrogens with one attached hydrogen (secondary N) is 1. The Morgan fingerprint density at radius 1 is 1.25 bits per heavy atom. The van der Waals surface area contributed by atoms with Crippen molar-refractivity contribution in [2.45, 2.75) is 25.6 Å². The van der Waals surface area contributed by atoms with Crippen LogP contribution in [0.3, 0.4) is 0 Å². The molecule has 110 valence electrons. The quantitative estimate of drug-likeness (QED) is 0.793. The van der Waals surface area contributed by atoms with Crippen molar-refractivity contribution in [3.8, 4) is 5.75 Å². The van der Waals surface area contributed by atoms with E-state index < -0.39 is 23.6 Å². The third-order valence-electron chi connectivity index (χ3n) is 2.82. The van der Waals surface area contributed by atoms with Gasteiger partial charge in [-0.15, -0.1) is 0 Å². The van der Waals surface area contributed by atoms with Crippen molar-refractivity contribution in [1.82, 2.24) is 5.32 Å². The number of hydrogen-bond acceptors (Lipinski definition) is 3. The van der Waals surface area contributed by atoms with Crippen LogP contribution < -0.4 is 5.32 Å². The van der Waals surface area contributed by atoms with Gasteiger partial charge in [0.15, 0.2) is 0 Å². The highest BCUT2D eigenvalue weighted by Gasteiger charge is 2.58. The molecule has 0 saturated heterocycles. The SMILES string of the molecule is Cc1cc(C(=O)NC(C)(C(=O)O)C(F)(F)F)ccc1O. The minimum absolute atomic E-state index is 0.127. The van der Waals surface area contributed by atoms with E-state index in [-0.39, 0.29) is 16.9 Å². The first-order valence-electron chi connectivity index (χ1n) is 5.41. The first-order valence-corrected chi connectivity index (χ1v) is 5.41. The van der Waals surface area contributed by atoms with E-state index in [0.29, 0.717) is 6.92 Å². The fraction of sp³-hybridized carbons (Fsp3) is 0.333. The maximum atomic E-state index is 12.7. The number of phenols is 1. The molecule has 5 nitrogen and oxygen atoms in total. The molecule has 0 fully saturated rings. The standard InChI is InChI=1S/C12H12F3NO4/c1-6-5-7(3-4-8(6)17)9(18)16-11(2,10(19)20)12(13,14)15/h3-5,17H,1-2H3,(H,16,18)(H,19,20). The van der Waals surface area contributed by atoms with Crippen LogP contribution in [0.15, 0.2) is 18.2 Å². The molecule has 0 spiro atoms. The molecule has 0 heterocycles. The average molecular weight is 291 g/mol. The lowest BCUT2D eigenvalue weighted by molar-refractivity contribution is -0.203. The Morgan fingerprint density at radius 2 is 1.80 bits per heavy atom. The summed E-state index contributed by atoms with van der Waals surface area (Å²) in [5, 5.41) is 19.4. The van der Waals surface area contributed by atoms with Crippen LogP contribution in [0.2, 0.25) is 0 Å². The monoisotopic (exact) mass is 291 g/mol. The summed E-state index contributed by atoms with van der Waals surface area (Å²) in [6.07, 6.45) is -5.15. The number of carboxylic acids is 1. The summed E-state index contributed by atoms with van der Waals surface area (Å²) in [6, 6.07) is 3.38. The lowest BCUT2D eigenvalue weighted by Crippen LogP contribution is -2.61. The molecule has 1 amide bonds. The number of alkyl halides is 3. The van der Waals surface area contributed by atoms with Crippen molar-refractivity contribution in [2.24, 2.45) is 0 Å². The molecular formula is C12H12F3NO4. The van der Waals surface area contributed by atoms with Crippen molar-refractivity contribution in [2.75, 3.05) is 0 Å². The van der Waals surface area contributed by atoms with Gasteiger partial charge >= 0.3 is 12.1 Å². The van der Waals surface area contributed by atoms with Crippen LogP contribution in [0.25, 0.3) is 0 Å². The Balaban J connectivity index is 3.09. The molecule has 0 aliphatic carbocycles. The summed E-state index contributed by atoms with van der Waals surface area (Å²) in [7, 11) is 0. The molecule has 0 aromatic heterocycles. The third-order valence-corrected chi connectivity index (χ3v) is 2.82. The summed E-state index contributed by atoms with van der Waals surface area (Å²) in [5.41, 5.74) is -3.30. The molecule has 1 rings (SSSR count). The molecule has 0 aliphatic rings. The van der Waals surface area contributed by atoms with Gasteiger partial charge in [0.25, 0.3) is 5.91 Å². The number of halogens is 3. The minimum Gasteiger partial charge on any atom is -0.508 e. The smallest absolute Gasteiger partial charge is 0.422 e. The van der Waals surface area contributed by atoms with Crippen LogP contribution in [0.4, 0.5) is 13.2 Å². The topological polar surface area (TPSA) is 86.6 Å². The van der Waals surface area contributed by atoms with E-state index in [4.69, 9.17) is 5.11 Å². The van der Waals surface area contributed by atoms with E-state index in [9.17, 15) is 27.9 Å². The number of amides is 1. The summed E-state index contributed by atoms with van der Waals surface area (Å²) in [6.45, 7) is 1.81. The van der Waals surface area contributed by atoms with E-state index in [1.807, 2.05) is 0 Å². The highest BCUT2D eigenvalue weighted by Crippen LogP contribution is 2.31. The van der Waals surface area contributed by atoms with Crippen molar-refractivity contribution in [3.63, 3.8) is 0 Å². The van der Waals surface area contributed by atoms with E-state index in [1.165, 1.54) is 12.2 Å². The summed E-state index contributed by atoms with van der Waals surface area (Å²) < 4.78 is 38.2. The van der Waals surface area contributed by atoms with Crippen LogP contribution in [0.5, 0.6) is 5.75 Å². The van der Waals surface area contributed by atoms with Gasteiger partial charge in [-0.05, 0) is 37.6 Å². The average Bonchev–Trinajstić information content (AvgIpc) is 2.30. The lowest BCUT2D eigenvalue weighted by atomic mass is 10.0. The van der Waals surface area contributed by atoms with Crippen molar-refractivity contribution in [1.29, 1.82) is 0 Å². The summed E-state index contributed by atoms with van der Waals surface area (Å²) in [4.78, 5) is 22.5. The van der Waals surface area contributed by atoms with Crippen LogP contribution in [-0.4, -0.2) is 33.8 Å². The van der Waals surface area contributed by atoms with Crippen LogP contribution in [-0.2, 0) is 4.79 Å². The van der Waals surface area contributed by atoms with E-state index in [1.54, 1.807) is 0 Å². The zero-order valence-electron chi connectivity index (χ0n) is 10.6. The Morgan fingerprint density at radius 3 is 2.20 bits per heavy atom. The molecule has 3 N–H and O–H groups in total. The number of aliphatic carboxylic acids is 1. The third kappa shape index (κ3) is 2.84. The fourth-order valence-electron chi connectivity index (χ4n) is 1.34. The number of rotatable bonds is 3. The van der Waals surface area contributed by atoms with Crippen molar-refractivity contribution in [3.05, 3.63) is 29.3 Å². The Kier molecular flexibility index (Phi) is 3.97. The van der Waals surface area contributed by atoms with Crippen LogP contribution in [0, 0.1) is 6.92 Å². The number of aryl methyl sites for hydroxylation is 1. The molecule has 1 atom stereocenters. The number of carbonyl (C=O) groups is 2. The van der Waals surface area contributed by atoms with Gasteiger partial charge < -0.3 is 15.5 Å². The van der Waals surface area contributed by atoms with Crippen molar-refractivity contribution < 1.29 is 33.0 Å². The molecule has 1 unspecified atom stereocenters. The summed E-state index contributed by atoms with van der Waals surface area (Å²) in [5.74, 6) is -3.54. The molecule has 20 heavy (non-hydrogen) atoms. The first kappa shape index (κ1) is 15.8. The van der Waals surface area contributed by atoms with Gasteiger partial charge in [-0.2, -0.15) is 13.2 Å². The predicted octanol–water partition coefficient (Wildman–Crippen LogP) is 1.84. The Labute approximate surface area is 112 Å². The maximum absolute atomic E-state index is 12.7. The van der Waals surface area contributed by atoms with Crippen molar-refractivity contribution >= 4 is 11.9 Å². The number of aromatic hydroxyl groups is 1. The van der Waals surface area contributed by atoms with Gasteiger partial charge in [-0.3, -0.25) is 4.79 Å². The second kappa shape index (κ2) is 5.03. The molecular weight excluding hydrogens is 279 g/mol. The van der Waals surface area contributed by atoms with Gasteiger partial charge in [-0.25, -0.2) is 4.79 Å². The number of phenolic OH excluding ortho intramolecular Hbond substituents is 1. The van der Waals surface area contributed by atoms with Gasteiger partial charge in [0.05, 0.1) is 0 Å². The predicted molar refractivity (Wildman–Crippen MR) is 62.4 cm³/mol. The van der Waals surface area contributed by atoms with Crippen LogP contribution in [0.1, 0.15) is 22.8 Å². The first-order chi connectivity index (χ1) is 8.99. The highest BCUT2D eigenvalue weighted by atomic mass is 19.4. The maximum Gasteiger partial charge on any atom is 0.422 e. The molecule has 8 heteroatoms. The van der Waals surface area contributed by atoms with Gasteiger partial charge in [0.2, 0.25) is 5.54 Å². The normalized spacial score (nSPS) is 14.4. The zero-order valence-corrected chi connectivity index (χ0v) is 10.6. The second-order valence-corrected chi connectivity index (χ2v) is 4.38. The highest BCUT2D eigenvalue weighted by molar-refractivity contribution is 5.98. The minimum atomic E-state index is -5.15.